The fourth-order valence-electron chi connectivity index (χ4n) is 3.00. The SMILES string of the molecule is C[C@@]1(c2cc(CC(=O)c3ncccc3F)ccc2F)CCOCC(N)=N1. The Morgan fingerprint density at radius 3 is 2.88 bits per heavy atom. The molecule has 0 fully saturated rings. The van der Waals surface area contributed by atoms with Crippen molar-refractivity contribution < 1.29 is 18.3 Å². The lowest BCUT2D eigenvalue weighted by molar-refractivity contribution is 0.0983. The van der Waals surface area contributed by atoms with E-state index in [0.717, 1.165) is 0 Å². The first-order valence-electron chi connectivity index (χ1n) is 8.23. The molecule has 7 heteroatoms. The maximum absolute atomic E-state index is 14.5. The number of hydrogen-bond acceptors (Lipinski definition) is 5. The summed E-state index contributed by atoms with van der Waals surface area (Å²) >= 11 is 0. The van der Waals surface area contributed by atoms with E-state index in [2.05, 4.69) is 9.98 Å². The molecule has 2 N–H and O–H groups in total. The van der Waals surface area contributed by atoms with Gasteiger partial charge in [-0.2, -0.15) is 0 Å². The third kappa shape index (κ3) is 3.77. The van der Waals surface area contributed by atoms with E-state index < -0.39 is 23.0 Å². The molecule has 0 aliphatic carbocycles. The lowest BCUT2D eigenvalue weighted by atomic mass is 9.87. The van der Waals surface area contributed by atoms with Crippen LogP contribution in [-0.4, -0.2) is 29.8 Å². The van der Waals surface area contributed by atoms with Crippen molar-refractivity contribution in [1.29, 1.82) is 0 Å². The summed E-state index contributed by atoms with van der Waals surface area (Å²) in [6, 6.07) is 6.96. The van der Waals surface area contributed by atoms with Gasteiger partial charge in [0.05, 0.1) is 5.54 Å². The van der Waals surface area contributed by atoms with Crippen molar-refractivity contribution in [3.8, 4) is 0 Å². The minimum Gasteiger partial charge on any atom is -0.386 e. The summed E-state index contributed by atoms with van der Waals surface area (Å²) < 4.78 is 33.6. The molecule has 0 radical (unpaired) electrons. The number of halogens is 2. The van der Waals surface area contributed by atoms with Gasteiger partial charge in [-0.05, 0) is 43.2 Å². The number of nitrogens with two attached hydrogens (primary N) is 1. The van der Waals surface area contributed by atoms with Crippen molar-refractivity contribution in [2.75, 3.05) is 13.2 Å². The van der Waals surface area contributed by atoms with Crippen LogP contribution in [0.3, 0.4) is 0 Å². The van der Waals surface area contributed by atoms with Gasteiger partial charge in [-0.25, -0.2) is 8.78 Å². The molecule has 1 aliphatic rings. The van der Waals surface area contributed by atoms with Crippen LogP contribution >= 0.6 is 0 Å². The topological polar surface area (TPSA) is 77.6 Å². The molecule has 136 valence electrons. The molecule has 26 heavy (non-hydrogen) atoms. The summed E-state index contributed by atoms with van der Waals surface area (Å²) in [5.74, 6) is -1.30. The quantitative estimate of drug-likeness (QED) is 0.852. The van der Waals surface area contributed by atoms with Crippen LogP contribution in [0.25, 0.3) is 0 Å². The van der Waals surface area contributed by atoms with Crippen molar-refractivity contribution in [2.24, 2.45) is 10.7 Å². The van der Waals surface area contributed by atoms with E-state index in [-0.39, 0.29) is 18.7 Å². The Morgan fingerprint density at radius 2 is 2.12 bits per heavy atom. The fraction of sp³-hybridized carbons (Fsp3) is 0.316. The van der Waals surface area contributed by atoms with E-state index >= 15 is 0 Å². The largest absolute Gasteiger partial charge is 0.386 e. The minimum atomic E-state index is -0.889. The van der Waals surface area contributed by atoms with Gasteiger partial charge in [0.1, 0.15) is 24.0 Å². The normalized spacial score (nSPS) is 20.3. The lowest BCUT2D eigenvalue weighted by Crippen LogP contribution is -2.25. The molecular formula is C19H19F2N3O2. The monoisotopic (exact) mass is 359 g/mol. The zero-order chi connectivity index (χ0) is 18.7. The Hall–Kier alpha value is -2.67. The molecule has 5 nitrogen and oxygen atoms in total. The molecule has 3 rings (SSSR count). The molecule has 1 aromatic carbocycles. The molecule has 2 heterocycles. The zero-order valence-electron chi connectivity index (χ0n) is 14.3. The molecule has 0 bridgehead atoms. The van der Waals surface area contributed by atoms with Crippen LogP contribution in [0.1, 0.15) is 35.0 Å². The fourth-order valence-corrected chi connectivity index (χ4v) is 3.00. The number of carbonyl (C=O) groups excluding carboxylic acids is 1. The van der Waals surface area contributed by atoms with Crippen LogP contribution < -0.4 is 5.73 Å². The van der Waals surface area contributed by atoms with E-state index in [0.29, 0.717) is 30.0 Å². The second kappa shape index (κ2) is 7.29. The van der Waals surface area contributed by atoms with Crippen LogP contribution in [0.4, 0.5) is 8.78 Å². The third-order valence-corrected chi connectivity index (χ3v) is 4.37. The summed E-state index contributed by atoms with van der Waals surface area (Å²) in [7, 11) is 0. The van der Waals surface area contributed by atoms with Gasteiger partial charge in [-0.1, -0.05) is 6.07 Å². The first-order valence-corrected chi connectivity index (χ1v) is 8.23. The maximum Gasteiger partial charge on any atom is 0.188 e. The van der Waals surface area contributed by atoms with E-state index in [1.807, 2.05) is 0 Å². The second-order valence-corrected chi connectivity index (χ2v) is 6.43. The number of ketones is 1. The van der Waals surface area contributed by atoms with E-state index in [9.17, 15) is 13.6 Å². The van der Waals surface area contributed by atoms with E-state index in [4.69, 9.17) is 10.5 Å². The average molecular weight is 359 g/mol. The summed E-state index contributed by atoms with van der Waals surface area (Å²) in [5.41, 5.74) is 5.58. The summed E-state index contributed by atoms with van der Waals surface area (Å²) in [6.45, 7) is 2.37. The number of aromatic nitrogens is 1. The third-order valence-electron chi connectivity index (χ3n) is 4.37. The Labute approximate surface area is 149 Å². The second-order valence-electron chi connectivity index (χ2n) is 6.43. The van der Waals surface area contributed by atoms with Crippen molar-refractivity contribution in [1.82, 2.24) is 4.98 Å². The molecule has 0 saturated heterocycles. The number of carbonyl (C=O) groups is 1. The molecule has 0 saturated carbocycles. The van der Waals surface area contributed by atoms with Gasteiger partial charge < -0.3 is 10.5 Å². The Kier molecular flexibility index (Phi) is 5.08. The van der Waals surface area contributed by atoms with Crippen molar-refractivity contribution in [3.63, 3.8) is 0 Å². The first kappa shape index (κ1) is 18.1. The van der Waals surface area contributed by atoms with Gasteiger partial charge in [-0.15, -0.1) is 0 Å². The summed E-state index contributed by atoms with van der Waals surface area (Å²) in [4.78, 5) is 20.5. The predicted molar refractivity (Wildman–Crippen MR) is 93.0 cm³/mol. The molecular weight excluding hydrogens is 340 g/mol. The average Bonchev–Trinajstić information content (AvgIpc) is 2.78. The molecule has 2 aromatic rings. The number of pyridine rings is 1. The van der Waals surface area contributed by atoms with Gasteiger partial charge in [-0.3, -0.25) is 14.8 Å². The highest BCUT2D eigenvalue weighted by Crippen LogP contribution is 2.33. The van der Waals surface area contributed by atoms with Crippen LogP contribution in [0.15, 0.2) is 41.5 Å². The van der Waals surface area contributed by atoms with E-state index in [1.54, 1.807) is 13.0 Å². The van der Waals surface area contributed by atoms with Crippen LogP contribution in [-0.2, 0) is 16.7 Å². The highest BCUT2D eigenvalue weighted by atomic mass is 19.1. The van der Waals surface area contributed by atoms with Crippen molar-refractivity contribution >= 4 is 11.6 Å². The highest BCUT2D eigenvalue weighted by molar-refractivity contribution is 5.96. The molecule has 0 unspecified atom stereocenters. The van der Waals surface area contributed by atoms with Gasteiger partial charge in [0, 0.05) is 24.8 Å². The number of Topliss-reactive ketones (excluding diaryl/α,β-unsaturated/α-hetero) is 1. The number of rotatable bonds is 4. The molecule has 1 aliphatic heterocycles. The number of amidine groups is 1. The number of hydrogen-bond donors (Lipinski definition) is 1. The standard InChI is InChI=1S/C19H19F2N3O2/c1-19(6-8-26-11-17(22)24-19)13-9-12(4-5-14(13)20)10-16(25)18-15(21)3-2-7-23-18/h2-5,7,9H,6,8,10-11H2,1H3,(H2,22,24)/t19-/m0/s1. The van der Waals surface area contributed by atoms with Crippen molar-refractivity contribution in [2.45, 2.75) is 25.3 Å². The van der Waals surface area contributed by atoms with Gasteiger partial charge in [0.2, 0.25) is 0 Å². The maximum atomic E-state index is 14.5. The summed E-state index contributed by atoms with van der Waals surface area (Å²) in [5, 5.41) is 0. The Bertz CT molecular complexity index is 870. The van der Waals surface area contributed by atoms with Gasteiger partial charge >= 0.3 is 0 Å². The lowest BCUT2D eigenvalue weighted by Gasteiger charge is -2.25. The Balaban J connectivity index is 1.92. The summed E-state index contributed by atoms with van der Waals surface area (Å²) in [6.07, 6.45) is 1.72. The van der Waals surface area contributed by atoms with Crippen molar-refractivity contribution in [3.05, 3.63) is 65.0 Å². The number of nitrogens with zero attached hydrogens (tertiary/aromatic N) is 2. The molecule has 0 spiro atoms. The first-order chi connectivity index (χ1) is 12.4. The van der Waals surface area contributed by atoms with Crippen LogP contribution in [0.5, 0.6) is 0 Å². The number of aliphatic imine (C=N–C) groups is 1. The Morgan fingerprint density at radius 1 is 1.31 bits per heavy atom. The van der Waals surface area contributed by atoms with Gasteiger partial charge in [0.15, 0.2) is 11.6 Å². The molecule has 1 atom stereocenters. The van der Waals surface area contributed by atoms with Gasteiger partial charge in [0.25, 0.3) is 0 Å². The van der Waals surface area contributed by atoms with Crippen LogP contribution in [0, 0.1) is 11.6 Å². The highest BCUT2D eigenvalue weighted by Gasteiger charge is 2.31. The number of ether oxygens (including phenoxy) is 1. The molecule has 1 aromatic heterocycles. The molecule has 0 amide bonds. The predicted octanol–water partition coefficient (Wildman–Crippen LogP) is 2.78. The van der Waals surface area contributed by atoms with Crippen LogP contribution in [0.2, 0.25) is 0 Å². The minimum absolute atomic E-state index is 0.0903. The number of benzene rings is 1. The zero-order valence-corrected chi connectivity index (χ0v) is 14.3. The van der Waals surface area contributed by atoms with E-state index in [1.165, 1.54) is 30.5 Å². The smallest absolute Gasteiger partial charge is 0.188 e.